The molecule has 2 aliphatic heterocycles. The number of nitrogens with one attached hydrogen (secondary N) is 2. The summed E-state index contributed by atoms with van der Waals surface area (Å²) in [5.74, 6) is 1.37. The van der Waals surface area contributed by atoms with Gasteiger partial charge in [0, 0.05) is 74.5 Å². The second kappa shape index (κ2) is 14.3. The van der Waals surface area contributed by atoms with E-state index in [2.05, 4.69) is 48.8 Å². The number of hydrogen-bond donors (Lipinski definition) is 4. The molecule has 2 aliphatic rings. The number of hydrogen-bond acceptors (Lipinski definition) is 8. The van der Waals surface area contributed by atoms with Gasteiger partial charge < -0.3 is 39.1 Å². The van der Waals surface area contributed by atoms with Gasteiger partial charge in [0.05, 0.1) is 23.4 Å². The number of nitrogens with zero attached hydrogens (tertiary/aromatic N) is 8. The van der Waals surface area contributed by atoms with Gasteiger partial charge in [-0.1, -0.05) is 0 Å². The first-order chi connectivity index (χ1) is 24.1. The molecule has 14 heteroatoms. The number of imidazole rings is 2. The Labute approximate surface area is 289 Å². The molecule has 0 aliphatic carbocycles. The summed E-state index contributed by atoms with van der Waals surface area (Å²) in [6, 6.07) is 4.52. The predicted molar refractivity (Wildman–Crippen MR) is 191 cm³/mol. The van der Waals surface area contributed by atoms with Crippen LogP contribution in [-0.4, -0.2) is 111 Å². The number of pyridine rings is 2. The van der Waals surface area contributed by atoms with Crippen molar-refractivity contribution in [3.63, 3.8) is 0 Å². The van der Waals surface area contributed by atoms with Crippen molar-refractivity contribution in [2.75, 3.05) is 39.3 Å². The number of fused-ring (bicyclic) bond motifs is 6. The number of piperidine rings is 2. The van der Waals surface area contributed by atoms with Crippen LogP contribution < -0.4 is 0 Å². The molecule has 6 aromatic heterocycles. The lowest BCUT2D eigenvalue weighted by molar-refractivity contribution is 0.140. The lowest BCUT2D eigenvalue weighted by Gasteiger charge is -2.34. The molecule has 2 fully saturated rings. The average molecular weight is 691 g/mol. The molecule has 12 nitrogen and oxygen atoms in total. The Morgan fingerprint density at radius 2 is 1.06 bits per heavy atom. The quantitative estimate of drug-likeness (QED) is 0.154. The first-order valence-electron chi connectivity index (χ1n) is 17.9. The topological polar surface area (TPSA) is 140 Å². The van der Waals surface area contributed by atoms with E-state index >= 15 is 0 Å². The molecule has 0 aromatic carbocycles. The molecule has 8 rings (SSSR count). The van der Waals surface area contributed by atoms with Crippen molar-refractivity contribution in [1.82, 2.24) is 48.8 Å². The Hall–Kier alpha value is -3.98. The van der Waals surface area contributed by atoms with Crippen LogP contribution >= 0.6 is 0 Å². The molecule has 6 aromatic rings. The van der Waals surface area contributed by atoms with Gasteiger partial charge in [-0.25, -0.2) is 28.7 Å². The Morgan fingerprint density at radius 1 is 0.680 bits per heavy atom. The zero-order chi connectivity index (χ0) is 35.1. The van der Waals surface area contributed by atoms with Crippen molar-refractivity contribution in [3.8, 4) is 0 Å². The van der Waals surface area contributed by atoms with E-state index < -0.39 is 24.6 Å². The molecular formula is C36H48F2N10O2. The van der Waals surface area contributed by atoms with E-state index in [0.29, 0.717) is 24.7 Å². The van der Waals surface area contributed by atoms with E-state index in [1.165, 1.54) is 0 Å². The highest BCUT2D eigenvalue weighted by Gasteiger charge is 2.29. The maximum atomic E-state index is 13.3. The molecule has 4 atom stereocenters. The van der Waals surface area contributed by atoms with E-state index in [-0.39, 0.29) is 12.1 Å². The number of aromatic amines is 2. The number of aliphatic hydroxyl groups is 2. The molecule has 4 unspecified atom stereocenters. The summed E-state index contributed by atoms with van der Waals surface area (Å²) < 4.78 is 30.9. The molecule has 0 saturated carbocycles. The molecule has 2 saturated heterocycles. The maximum Gasteiger partial charge on any atom is 0.139 e. The molecule has 50 heavy (non-hydrogen) atoms. The van der Waals surface area contributed by atoms with Crippen molar-refractivity contribution < 1.29 is 19.0 Å². The monoisotopic (exact) mass is 690 g/mol. The third kappa shape index (κ3) is 6.73. The normalized spacial score (nSPS) is 19.7. The van der Waals surface area contributed by atoms with Gasteiger partial charge in [0.1, 0.15) is 58.5 Å². The minimum Gasteiger partial charge on any atom is -0.385 e. The van der Waals surface area contributed by atoms with E-state index in [0.717, 1.165) is 96.0 Å². The van der Waals surface area contributed by atoms with Crippen LogP contribution in [0.4, 0.5) is 8.78 Å². The van der Waals surface area contributed by atoms with Crippen molar-refractivity contribution >= 4 is 44.1 Å². The third-order valence-corrected chi connectivity index (χ3v) is 10.1. The number of halogens is 2. The first kappa shape index (κ1) is 34.5. The predicted octanol–water partition coefficient (Wildman–Crippen LogP) is 5.92. The van der Waals surface area contributed by atoms with Gasteiger partial charge in [0.2, 0.25) is 0 Å². The zero-order valence-electron chi connectivity index (χ0n) is 29.2. The Kier molecular flexibility index (Phi) is 9.88. The fraction of sp³-hybridized carbons (Fsp3) is 0.556. The largest absolute Gasteiger partial charge is 0.385 e. The summed E-state index contributed by atoms with van der Waals surface area (Å²) in [4.78, 5) is 28.8. The summed E-state index contributed by atoms with van der Waals surface area (Å²) in [5.41, 5.74) is 5.33. The fourth-order valence-corrected chi connectivity index (χ4v) is 7.98. The Balaban J connectivity index is 0.000000157. The molecular weight excluding hydrogens is 642 g/mol. The van der Waals surface area contributed by atoms with Crippen LogP contribution in [-0.2, 0) is 0 Å². The summed E-state index contributed by atoms with van der Waals surface area (Å²) in [6.07, 6.45) is 8.07. The van der Waals surface area contributed by atoms with Crippen LogP contribution in [0.3, 0.4) is 0 Å². The maximum absolute atomic E-state index is 13.3. The standard InChI is InChI=1S/2C18H24FN5O/c2*1-11(19)10-23-7-4-13(5-8-23)24-16-14-3-6-20-17(14)21-9-15(16)22-18(24)12(2)25/h2*3,6,9,11-13,25H,4-5,7-8,10H2,1-2H3,(H,20,21). The van der Waals surface area contributed by atoms with Crippen molar-refractivity contribution in [1.29, 1.82) is 0 Å². The van der Waals surface area contributed by atoms with Gasteiger partial charge in [-0.3, -0.25) is 0 Å². The van der Waals surface area contributed by atoms with Gasteiger partial charge >= 0.3 is 0 Å². The van der Waals surface area contributed by atoms with Crippen LogP contribution in [0.1, 0.15) is 89.3 Å². The van der Waals surface area contributed by atoms with Crippen LogP contribution in [0.2, 0.25) is 0 Å². The minimum absolute atomic E-state index is 0.251. The molecule has 0 amide bonds. The fourth-order valence-electron chi connectivity index (χ4n) is 7.98. The van der Waals surface area contributed by atoms with Crippen molar-refractivity contribution in [2.24, 2.45) is 0 Å². The summed E-state index contributed by atoms with van der Waals surface area (Å²) in [6.45, 7) is 11.1. The minimum atomic E-state index is -0.802. The Bertz CT molecular complexity index is 1900. The molecule has 8 heterocycles. The molecule has 268 valence electrons. The highest BCUT2D eigenvalue weighted by Crippen LogP contribution is 2.35. The number of rotatable bonds is 8. The van der Waals surface area contributed by atoms with Crippen molar-refractivity contribution in [3.05, 3.63) is 48.6 Å². The van der Waals surface area contributed by atoms with E-state index in [4.69, 9.17) is 0 Å². The number of aromatic nitrogens is 8. The Morgan fingerprint density at radius 3 is 1.40 bits per heavy atom. The average Bonchev–Trinajstić information content (AvgIpc) is 3.88. The third-order valence-electron chi connectivity index (χ3n) is 10.1. The number of H-pyrrole nitrogens is 2. The van der Waals surface area contributed by atoms with E-state index in [9.17, 15) is 19.0 Å². The van der Waals surface area contributed by atoms with Gasteiger partial charge in [0.25, 0.3) is 0 Å². The summed E-state index contributed by atoms with van der Waals surface area (Å²) >= 11 is 0. The van der Waals surface area contributed by atoms with E-state index in [1.807, 2.05) is 24.5 Å². The molecule has 0 bridgehead atoms. The molecule has 0 radical (unpaired) electrons. The summed E-state index contributed by atoms with van der Waals surface area (Å²) in [7, 11) is 0. The second-order valence-corrected chi connectivity index (χ2v) is 14.1. The number of likely N-dealkylation sites (tertiary alicyclic amines) is 2. The lowest BCUT2D eigenvalue weighted by atomic mass is 10.0. The lowest BCUT2D eigenvalue weighted by Crippen LogP contribution is -2.38. The highest BCUT2D eigenvalue weighted by atomic mass is 19.1. The van der Waals surface area contributed by atoms with Crippen LogP contribution in [0.5, 0.6) is 0 Å². The number of aliphatic hydroxyl groups excluding tert-OH is 2. The van der Waals surface area contributed by atoms with E-state index in [1.54, 1.807) is 40.1 Å². The van der Waals surface area contributed by atoms with Crippen LogP contribution in [0, 0.1) is 0 Å². The van der Waals surface area contributed by atoms with Crippen molar-refractivity contribution in [2.45, 2.75) is 90.0 Å². The van der Waals surface area contributed by atoms with Gasteiger partial charge in [-0.05, 0) is 65.5 Å². The van der Waals surface area contributed by atoms with Gasteiger partial charge in [-0.15, -0.1) is 0 Å². The molecule has 0 spiro atoms. The van der Waals surface area contributed by atoms with Crippen LogP contribution in [0.25, 0.3) is 44.1 Å². The summed E-state index contributed by atoms with van der Waals surface area (Å²) in [5, 5.41) is 22.6. The SMILES string of the molecule is CC(F)CN1CCC(n2c(C(C)O)nc3cnc4[nH]ccc4c32)CC1.CC(F)CN1CCC(n2c(C(C)O)nc3cnc4[nH]ccc4c32)CC1. The second-order valence-electron chi connectivity index (χ2n) is 14.1. The number of alkyl halides is 2. The highest BCUT2D eigenvalue weighted by molar-refractivity contribution is 6.02. The first-order valence-corrected chi connectivity index (χ1v) is 17.9. The zero-order valence-corrected chi connectivity index (χ0v) is 29.2. The molecule has 4 N–H and O–H groups in total. The smallest absolute Gasteiger partial charge is 0.139 e. The van der Waals surface area contributed by atoms with Crippen LogP contribution in [0.15, 0.2) is 36.9 Å². The van der Waals surface area contributed by atoms with Gasteiger partial charge in [0.15, 0.2) is 0 Å². The van der Waals surface area contributed by atoms with Gasteiger partial charge in [-0.2, -0.15) is 0 Å².